The molecule has 3 amide bonds. The molecule has 53 heavy (non-hydrogen) atoms. The van der Waals surface area contributed by atoms with Gasteiger partial charge in [0.05, 0.1) is 29.4 Å². The van der Waals surface area contributed by atoms with Gasteiger partial charge < -0.3 is 24.8 Å². The Bertz CT molecular complexity index is 1880. The van der Waals surface area contributed by atoms with Crippen LogP contribution in [-0.2, 0) is 30.8 Å². The van der Waals surface area contributed by atoms with Gasteiger partial charge in [-0.1, -0.05) is 39.7 Å². The number of amides is 3. The molecule has 1 unspecified atom stereocenters. The van der Waals surface area contributed by atoms with E-state index in [-0.39, 0.29) is 25.5 Å². The number of carbonyl (C=O) groups is 3. The Hall–Kier alpha value is -3.98. The van der Waals surface area contributed by atoms with Crippen molar-refractivity contribution in [3.05, 3.63) is 36.5 Å². The highest BCUT2D eigenvalue weighted by Crippen LogP contribution is 2.46. The number of aromatic nitrogens is 2. The smallest absolute Gasteiger partial charge is 0.407 e. The number of benzene rings is 1. The second kappa shape index (κ2) is 14.3. The van der Waals surface area contributed by atoms with Crippen molar-refractivity contribution >= 4 is 39.0 Å². The Kier molecular flexibility index (Phi) is 10.1. The van der Waals surface area contributed by atoms with Crippen molar-refractivity contribution in [3.8, 4) is 11.6 Å². The summed E-state index contributed by atoms with van der Waals surface area (Å²) in [6.45, 7) is 10.5. The van der Waals surface area contributed by atoms with Gasteiger partial charge in [-0.05, 0) is 68.4 Å². The molecule has 3 saturated carbocycles. The van der Waals surface area contributed by atoms with Crippen LogP contribution >= 0.6 is 0 Å². The quantitative estimate of drug-likeness (QED) is 0.351. The number of nitrogens with zero attached hydrogens (tertiary/aromatic N) is 3. The van der Waals surface area contributed by atoms with E-state index in [1.165, 1.54) is 0 Å². The number of aryl methyl sites for hydroxylation is 1. The van der Waals surface area contributed by atoms with Crippen molar-refractivity contribution in [1.82, 2.24) is 30.2 Å². The Labute approximate surface area is 311 Å². The number of ether oxygens (including phenoxy) is 3. The number of sulfonamides is 1. The van der Waals surface area contributed by atoms with E-state index in [1.807, 2.05) is 43.9 Å². The number of nitrogens with one attached hydrogen (secondary N) is 3. The third kappa shape index (κ3) is 8.25. The van der Waals surface area contributed by atoms with Crippen molar-refractivity contribution in [2.24, 2.45) is 17.3 Å². The standard InChI is InChI=1S/C38H52N6O8S/c1-6-23-19-38(23,35(46)43-53(48,49)26-13-14-26)42-33(45)30-18-25-20-44(30)21-32(37(2,3)4)41-36(47)52-31-16-22(31)10-8-7-9-11-28-34(51-25)40-29-17-24(50-5)12-15-27(29)39-28/h6,12,15,17,22-23,25-26,30-32H,1,7-11,13-14,16,18-21H2,2-5H3,(H,41,47)(H,42,45)(H,43,46)/t22-,23-,25-,30+,31-,32-,38-/m1/s1. The summed E-state index contributed by atoms with van der Waals surface area (Å²) in [4.78, 5) is 53.0. The van der Waals surface area contributed by atoms with Crippen molar-refractivity contribution < 1.29 is 37.0 Å². The molecule has 4 fully saturated rings. The fourth-order valence-electron chi connectivity index (χ4n) is 7.67. The third-order valence-electron chi connectivity index (χ3n) is 11.5. The highest BCUT2D eigenvalue weighted by atomic mass is 32.2. The molecule has 0 radical (unpaired) electrons. The number of hydrogen-bond donors (Lipinski definition) is 3. The van der Waals surface area contributed by atoms with Gasteiger partial charge in [-0.15, -0.1) is 6.58 Å². The zero-order valence-electron chi connectivity index (χ0n) is 31.1. The van der Waals surface area contributed by atoms with E-state index in [0.717, 1.165) is 43.3 Å². The topological polar surface area (TPSA) is 178 Å². The number of rotatable bonds is 7. The first-order chi connectivity index (χ1) is 25.2. The molecule has 2 bridgehead atoms. The van der Waals surface area contributed by atoms with Gasteiger partial charge >= 0.3 is 6.09 Å². The fourth-order valence-corrected chi connectivity index (χ4v) is 9.03. The van der Waals surface area contributed by atoms with Gasteiger partial charge in [0, 0.05) is 37.5 Å². The van der Waals surface area contributed by atoms with Crippen molar-refractivity contribution in [3.63, 3.8) is 0 Å². The molecule has 7 rings (SSSR count). The van der Waals surface area contributed by atoms with Crippen LogP contribution in [0.15, 0.2) is 30.9 Å². The van der Waals surface area contributed by atoms with Crippen LogP contribution in [0, 0.1) is 17.3 Å². The van der Waals surface area contributed by atoms with Gasteiger partial charge in [-0.25, -0.2) is 23.2 Å². The molecule has 8 atom stereocenters. The summed E-state index contributed by atoms with van der Waals surface area (Å²) in [5, 5.41) is 5.44. The van der Waals surface area contributed by atoms with E-state index in [9.17, 15) is 22.8 Å². The second-order valence-corrected chi connectivity index (χ2v) is 18.5. The van der Waals surface area contributed by atoms with Crippen LogP contribution in [0.3, 0.4) is 0 Å². The number of carbonyl (C=O) groups excluding carboxylic acids is 3. The molecule has 3 aliphatic carbocycles. The van der Waals surface area contributed by atoms with Crippen LogP contribution in [-0.4, -0.2) is 96.5 Å². The van der Waals surface area contributed by atoms with Crippen LogP contribution < -0.4 is 24.8 Å². The van der Waals surface area contributed by atoms with E-state index >= 15 is 0 Å². The molecule has 0 spiro atoms. The summed E-state index contributed by atoms with van der Waals surface area (Å²) in [5.41, 5.74) is 0.260. The first-order valence-electron chi connectivity index (χ1n) is 18.9. The molecule has 15 heteroatoms. The largest absolute Gasteiger partial charge is 0.497 e. The van der Waals surface area contributed by atoms with Gasteiger partial charge in [0.2, 0.25) is 21.8 Å². The molecule has 14 nitrogen and oxygen atoms in total. The third-order valence-corrected chi connectivity index (χ3v) is 13.3. The lowest BCUT2D eigenvalue weighted by molar-refractivity contribution is -0.132. The predicted octanol–water partition coefficient (Wildman–Crippen LogP) is 3.78. The van der Waals surface area contributed by atoms with Gasteiger partial charge in [-0.2, -0.15) is 0 Å². The normalized spacial score (nSPS) is 31.9. The molecule has 2 aromatic rings. The average molecular weight is 753 g/mol. The minimum absolute atomic E-state index is 0.102. The highest BCUT2D eigenvalue weighted by molar-refractivity contribution is 7.91. The molecule has 1 saturated heterocycles. The SMILES string of the molecule is C=C[C@@H]1C[C@]1(NC(=O)[C@@H]1C[C@@H]2CN1C[C@H](C(C)(C)C)NC(=O)O[C@@H]1C[C@H]1CCCCCc1nc3ccc(OC)cc3nc1O2)C(=O)NS(=O)(=O)C1CC1. The molecule has 3 heterocycles. The van der Waals surface area contributed by atoms with Crippen LogP contribution in [0.2, 0.25) is 0 Å². The average Bonchev–Trinajstić information content (AvgIpc) is 4.02. The van der Waals surface area contributed by atoms with Crippen LogP contribution in [0.4, 0.5) is 4.79 Å². The monoisotopic (exact) mass is 752 g/mol. The zero-order valence-corrected chi connectivity index (χ0v) is 31.9. The predicted molar refractivity (Wildman–Crippen MR) is 197 cm³/mol. The van der Waals surface area contributed by atoms with Gasteiger partial charge in [0.1, 0.15) is 29.2 Å². The summed E-state index contributed by atoms with van der Waals surface area (Å²) in [6.07, 6.45) is 7.36. The Morgan fingerprint density at radius 3 is 2.57 bits per heavy atom. The number of hydrogen-bond acceptors (Lipinski definition) is 11. The molecule has 5 aliphatic rings. The number of alkyl carbamates (subject to hydrolysis) is 1. The fraction of sp³-hybridized carbons (Fsp3) is 0.658. The Morgan fingerprint density at radius 2 is 1.87 bits per heavy atom. The number of fused-ring (bicyclic) bond motifs is 5. The zero-order chi connectivity index (χ0) is 37.7. The maximum atomic E-state index is 14.4. The van der Waals surface area contributed by atoms with Gasteiger partial charge in [0.15, 0.2) is 0 Å². The van der Waals surface area contributed by atoms with E-state index in [4.69, 9.17) is 24.2 Å². The molecule has 3 N–H and O–H groups in total. The molecular formula is C38H52N6O8S. The van der Waals surface area contributed by atoms with Crippen LogP contribution in [0.25, 0.3) is 11.0 Å². The summed E-state index contributed by atoms with van der Waals surface area (Å²) in [7, 11) is -2.24. The first kappa shape index (κ1) is 37.3. The Morgan fingerprint density at radius 1 is 1.08 bits per heavy atom. The molecule has 2 aliphatic heterocycles. The summed E-state index contributed by atoms with van der Waals surface area (Å²) < 4.78 is 45.6. The van der Waals surface area contributed by atoms with Crippen LogP contribution in [0.1, 0.15) is 84.3 Å². The van der Waals surface area contributed by atoms with Crippen LogP contribution in [0.5, 0.6) is 11.6 Å². The molecular weight excluding hydrogens is 701 g/mol. The molecule has 288 valence electrons. The van der Waals surface area contributed by atoms with E-state index < -0.39 is 68.2 Å². The summed E-state index contributed by atoms with van der Waals surface area (Å²) in [6, 6.07) is 4.37. The van der Waals surface area contributed by atoms with Gasteiger partial charge in [0.25, 0.3) is 5.91 Å². The lowest BCUT2D eigenvalue weighted by atomic mass is 9.86. The minimum atomic E-state index is -3.84. The number of methoxy groups -OCH3 is 1. The van der Waals surface area contributed by atoms with Crippen molar-refractivity contribution in [2.45, 2.75) is 120 Å². The van der Waals surface area contributed by atoms with E-state index in [1.54, 1.807) is 13.2 Å². The van der Waals surface area contributed by atoms with E-state index in [0.29, 0.717) is 48.9 Å². The lowest BCUT2D eigenvalue weighted by Crippen LogP contribution is -2.58. The molecule has 1 aromatic carbocycles. The maximum absolute atomic E-state index is 14.4. The first-order valence-corrected chi connectivity index (χ1v) is 20.5. The second-order valence-electron chi connectivity index (χ2n) is 16.6. The van der Waals surface area contributed by atoms with E-state index in [2.05, 4.69) is 21.9 Å². The lowest BCUT2D eigenvalue weighted by Gasteiger charge is -2.36. The summed E-state index contributed by atoms with van der Waals surface area (Å²) >= 11 is 0. The molecule has 1 aromatic heterocycles. The van der Waals surface area contributed by atoms with Crippen molar-refractivity contribution in [1.29, 1.82) is 0 Å². The minimum Gasteiger partial charge on any atom is -0.497 e. The highest BCUT2D eigenvalue weighted by Gasteiger charge is 2.62. The maximum Gasteiger partial charge on any atom is 0.407 e. The summed E-state index contributed by atoms with van der Waals surface area (Å²) in [5.74, 6) is -0.212. The Balaban J connectivity index is 1.19. The van der Waals surface area contributed by atoms with Crippen molar-refractivity contribution in [2.75, 3.05) is 20.2 Å². The van der Waals surface area contributed by atoms with Gasteiger partial charge in [-0.3, -0.25) is 19.2 Å².